The number of hydrogen-bond donors (Lipinski definition) is 1. The monoisotopic (exact) mass is 169 g/mol. The molecule has 4 nitrogen and oxygen atoms in total. The van der Waals surface area contributed by atoms with Crippen LogP contribution in [0.15, 0.2) is 23.3 Å². The highest BCUT2D eigenvalue weighted by molar-refractivity contribution is 6.33. The number of nitrogens with zero attached hydrogens (tertiary/aromatic N) is 2. The van der Waals surface area contributed by atoms with Crippen LogP contribution < -0.4 is 5.56 Å². The van der Waals surface area contributed by atoms with Gasteiger partial charge >= 0.3 is 0 Å². The van der Waals surface area contributed by atoms with E-state index in [9.17, 15) is 4.79 Å². The number of hydrogen-bond acceptors (Lipinski definition) is 2. The van der Waals surface area contributed by atoms with Crippen molar-refractivity contribution in [2.45, 2.75) is 0 Å². The highest BCUT2D eigenvalue weighted by Gasteiger charge is 2.04. The minimum atomic E-state index is -0.314. The lowest BCUT2D eigenvalue weighted by Gasteiger charge is -1.88. The molecule has 56 valence electrons. The highest BCUT2D eigenvalue weighted by atomic mass is 35.5. The molecular formula is C6H4ClN3O. The summed E-state index contributed by atoms with van der Waals surface area (Å²) in [6.07, 6.45) is 3.25. The number of rotatable bonds is 0. The van der Waals surface area contributed by atoms with Crippen LogP contribution in [-0.2, 0) is 0 Å². The van der Waals surface area contributed by atoms with Gasteiger partial charge in [0.2, 0.25) is 0 Å². The minimum absolute atomic E-state index is 0.130. The summed E-state index contributed by atoms with van der Waals surface area (Å²) in [4.78, 5) is 14.8. The Morgan fingerprint density at radius 1 is 1.64 bits per heavy atom. The van der Waals surface area contributed by atoms with E-state index in [-0.39, 0.29) is 10.6 Å². The molecule has 0 bridgehead atoms. The molecule has 0 aliphatic heterocycles. The third-order valence-electron chi connectivity index (χ3n) is 1.36. The first-order valence-corrected chi connectivity index (χ1v) is 3.37. The van der Waals surface area contributed by atoms with Gasteiger partial charge in [0, 0.05) is 12.4 Å². The summed E-state index contributed by atoms with van der Waals surface area (Å²) >= 11 is 5.61. The number of H-pyrrole nitrogens is 1. The molecule has 2 rings (SSSR count). The van der Waals surface area contributed by atoms with Crippen LogP contribution >= 0.6 is 11.6 Å². The quantitative estimate of drug-likeness (QED) is 0.631. The van der Waals surface area contributed by atoms with Gasteiger partial charge in [0.15, 0.2) is 10.7 Å². The molecule has 0 aromatic carbocycles. The second kappa shape index (κ2) is 2.10. The summed E-state index contributed by atoms with van der Waals surface area (Å²) in [5.74, 6) is 0. The van der Waals surface area contributed by atoms with Crippen LogP contribution in [0, 0.1) is 0 Å². The molecule has 0 spiro atoms. The average Bonchev–Trinajstić information content (AvgIpc) is 2.30. The first-order chi connectivity index (χ1) is 5.29. The summed E-state index contributed by atoms with van der Waals surface area (Å²) in [5.41, 5.74) is 0.143. The third-order valence-corrected chi connectivity index (χ3v) is 1.70. The van der Waals surface area contributed by atoms with Gasteiger partial charge < -0.3 is 0 Å². The summed E-state index contributed by atoms with van der Waals surface area (Å²) in [7, 11) is 0. The Kier molecular flexibility index (Phi) is 1.22. The van der Waals surface area contributed by atoms with Gasteiger partial charge in [-0.1, -0.05) is 11.6 Å². The molecule has 1 N–H and O–H groups in total. The third kappa shape index (κ3) is 0.832. The first-order valence-electron chi connectivity index (χ1n) is 3.00. The van der Waals surface area contributed by atoms with Crippen LogP contribution in [0.1, 0.15) is 0 Å². The van der Waals surface area contributed by atoms with Crippen LogP contribution in [0.2, 0.25) is 5.02 Å². The lowest BCUT2D eigenvalue weighted by atomic mass is 10.6. The Balaban J connectivity index is 3.04. The van der Waals surface area contributed by atoms with Crippen molar-refractivity contribution in [2.75, 3.05) is 0 Å². The molecule has 0 aliphatic rings. The zero-order valence-electron chi connectivity index (χ0n) is 5.41. The minimum Gasteiger partial charge on any atom is -0.266 e. The van der Waals surface area contributed by atoms with Gasteiger partial charge in [0.25, 0.3) is 5.56 Å². The van der Waals surface area contributed by atoms with Gasteiger partial charge in [-0.25, -0.2) is 9.50 Å². The van der Waals surface area contributed by atoms with Crippen molar-refractivity contribution in [1.29, 1.82) is 0 Å². The van der Waals surface area contributed by atoms with Crippen molar-refractivity contribution < 1.29 is 0 Å². The van der Waals surface area contributed by atoms with Crippen LogP contribution in [0.3, 0.4) is 0 Å². The van der Waals surface area contributed by atoms with Crippen molar-refractivity contribution in [3.8, 4) is 0 Å². The van der Waals surface area contributed by atoms with Crippen LogP contribution in [0.5, 0.6) is 0 Å². The van der Waals surface area contributed by atoms with E-state index in [0.29, 0.717) is 5.65 Å². The molecule has 2 heterocycles. The van der Waals surface area contributed by atoms with Crippen molar-refractivity contribution in [1.82, 2.24) is 14.6 Å². The van der Waals surface area contributed by atoms with Gasteiger partial charge in [0.1, 0.15) is 0 Å². The lowest BCUT2D eigenvalue weighted by molar-refractivity contribution is 0.920. The fourth-order valence-corrected chi connectivity index (χ4v) is 1.07. The maximum absolute atomic E-state index is 10.9. The predicted octanol–water partition coefficient (Wildman–Crippen LogP) is 0.676. The second-order valence-corrected chi connectivity index (χ2v) is 2.45. The number of halogens is 1. The van der Waals surface area contributed by atoms with E-state index >= 15 is 0 Å². The Morgan fingerprint density at radius 3 is 3.18 bits per heavy atom. The van der Waals surface area contributed by atoms with Gasteiger partial charge in [-0.3, -0.25) is 9.89 Å². The average molecular weight is 170 g/mol. The van der Waals surface area contributed by atoms with Crippen molar-refractivity contribution in [3.05, 3.63) is 33.8 Å². The van der Waals surface area contributed by atoms with Gasteiger partial charge in [-0.05, 0) is 6.07 Å². The molecule has 0 amide bonds. The van der Waals surface area contributed by atoms with Crippen LogP contribution in [0.4, 0.5) is 0 Å². The van der Waals surface area contributed by atoms with Crippen molar-refractivity contribution in [2.24, 2.45) is 0 Å². The van der Waals surface area contributed by atoms with E-state index < -0.39 is 0 Å². The van der Waals surface area contributed by atoms with E-state index in [1.807, 2.05) is 0 Å². The summed E-state index contributed by atoms with van der Waals surface area (Å²) in [6.45, 7) is 0. The molecule has 0 atom stereocenters. The predicted molar refractivity (Wildman–Crippen MR) is 40.8 cm³/mol. The van der Waals surface area contributed by atoms with Crippen LogP contribution in [0.25, 0.3) is 5.65 Å². The van der Waals surface area contributed by atoms with E-state index in [0.717, 1.165) is 0 Å². The largest absolute Gasteiger partial charge is 0.285 e. The number of nitrogens with one attached hydrogen (secondary N) is 1. The van der Waals surface area contributed by atoms with E-state index in [1.165, 1.54) is 4.52 Å². The molecule has 5 heteroatoms. The topological polar surface area (TPSA) is 50.2 Å². The summed E-state index contributed by atoms with van der Waals surface area (Å²) in [5, 5.41) is 2.62. The lowest BCUT2D eigenvalue weighted by Crippen LogP contribution is -1.99. The molecule has 0 unspecified atom stereocenters. The molecule has 0 fully saturated rings. The first kappa shape index (κ1) is 6.42. The van der Waals surface area contributed by atoms with E-state index in [4.69, 9.17) is 11.6 Å². The Hall–Kier alpha value is -1.29. The molecule has 0 saturated heterocycles. The van der Waals surface area contributed by atoms with E-state index in [1.54, 1.807) is 18.5 Å². The van der Waals surface area contributed by atoms with E-state index in [2.05, 4.69) is 10.1 Å². The summed E-state index contributed by atoms with van der Waals surface area (Å²) < 4.78 is 1.48. The van der Waals surface area contributed by atoms with Gasteiger partial charge in [-0.2, -0.15) is 0 Å². The normalized spacial score (nSPS) is 10.6. The standard InChI is InChI=1S/C6H4ClN3O/c7-4-5-8-2-1-3-10(5)9-6(4)11/h1-3H,(H,9,11). The Bertz CT molecular complexity index is 444. The SMILES string of the molecule is O=c1[nH]n2cccnc2c1Cl. The van der Waals surface area contributed by atoms with Gasteiger partial charge in [0.05, 0.1) is 0 Å². The Labute approximate surface area is 66.4 Å². The van der Waals surface area contributed by atoms with Crippen molar-refractivity contribution in [3.63, 3.8) is 0 Å². The molecule has 0 aliphatic carbocycles. The molecule has 11 heavy (non-hydrogen) atoms. The summed E-state index contributed by atoms with van der Waals surface area (Å²) in [6, 6.07) is 1.71. The number of aromatic nitrogens is 3. The molecule has 2 aromatic rings. The second-order valence-electron chi connectivity index (χ2n) is 2.07. The van der Waals surface area contributed by atoms with Crippen molar-refractivity contribution >= 4 is 17.2 Å². The maximum Gasteiger partial charge on any atom is 0.285 e. The molecule has 0 saturated carbocycles. The maximum atomic E-state index is 10.9. The molecule has 2 aromatic heterocycles. The fourth-order valence-electron chi connectivity index (χ4n) is 0.884. The number of fused-ring (bicyclic) bond motifs is 1. The smallest absolute Gasteiger partial charge is 0.266 e. The Morgan fingerprint density at radius 2 is 2.45 bits per heavy atom. The fraction of sp³-hybridized carbons (Fsp3) is 0. The van der Waals surface area contributed by atoms with Crippen LogP contribution in [-0.4, -0.2) is 14.6 Å². The van der Waals surface area contributed by atoms with Gasteiger partial charge in [-0.15, -0.1) is 0 Å². The number of aromatic amines is 1. The molecular weight excluding hydrogens is 166 g/mol. The molecule has 0 radical (unpaired) electrons. The zero-order chi connectivity index (χ0) is 7.84. The highest BCUT2D eigenvalue weighted by Crippen LogP contribution is 2.06. The zero-order valence-corrected chi connectivity index (χ0v) is 6.17.